The minimum atomic E-state index is -1.26. The number of amides is 1. The van der Waals surface area contributed by atoms with Crippen LogP contribution in [-0.4, -0.2) is 52.1 Å². The van der Waals surface area contributed by atoms with Gasteiger partial charge in [-0.15, -0.1) is 0 Å². The van der Waals surface area contributed by atoms with E-state index in [1.807, 2.05) is 53.4 Å². The predicted octanol–water partition coefficient (Wildman–Crippen LogP) is 2.52. The van der Waals surface area contributed by atoms with E-state index in [4.69, 9.17) is 15.9 Å². The molecule has 0 bridgehead atoms. The number of aliphatic carboxylic acids is 2. The van der Waals surface area contributed by atoms with Gasteiger partial charge >= 0.3 is 11.9 Å². The topological polar surface area (TPSA) is 133 Å². The fourth-order valence-corrected chi connectivity index (χ4v) is 3.31. The molecule has 1 unspecified atom stereocenters. The van der Waals surface area contributed by atoms with Crippen LogP contribution < -0.4 is 11.1 Å². The highest BCUT2D eigenvalue weighted by atomic mass is 16.4. The highest BCUT2D eigenvalue weighted by Crippen LogP contribution is 2.39. The first kappa shape index (κ1) is 23.6. The Bertz CT molecular complexity index is 955. The SMILES string of the molecule is CC(C)NCCN1C(=O)c2ccccc2C1c1ccccc1N.O=C(O)C=CC(=O)O. The molecule has 1 aliphatic heterocycles. The largest absolute Gasteiger partial charge is 0.478 e. The first-order valence-corrected chi connectivity index (χ1v) is 9.84. The number of nitrogen functional groups attached to an aromatic ring is 1. The lowest BCUT2D eigenvalue weighted by Crippen LogP contribution is -2.37. The summed E-state index contributed by atoms with van der Waals surface area (Å²) in [5.41, 5.74) is 9.73. The van der Waals surface area contributed by atoms with Gasteiger partial charge in [-0.1, -0.05) is 50.2 Å². The second-order valence-corrected chi connectivity index (χ2v) is 7.24. The Hall–Kier alpha value is -3.65. The molecular formula is C23H27N3O5. The van der Waals surface area contributed by atoms with Crippen LogP contribution in [-0.2, 0) is 9.59 Å². The van der Waals surface area contributed by atoms with Gasteiger partial charge in [-0.25, -0.2) is 9.59 Å². The van der Waals surface area contributed by atoms with Crippen molar-refractivity contribution in [3.05, 3.63) is 77.4 Å². The molecule has 1 aliphatic rings. The molecule has 8 heteroatoms. The number of fused-ring (bicyclic) bond motifs is 1. The van der Waals surface area contributed by atoms with Gasteiger partial charge in [0.25, 0.3) is 5.91 Å². The Balaban J connectivity index is 0.000000366. The second-order valence-electron chi connectivity index (χ2n) is 7.24. The number of carbonyl (C=O) groups excluding carboxylic acids is 1. The average molecular weight is 425 g/mol. The summed E-state index contributed by atoms with van der Waals surface area (Å²) in [6.07, 6.45) is 1.12. The molecule has 0 saturated heterocycles. The lowest BCUT2D eigenvalue weighted by atomic mass is 9.96. The number of benzene rings is 2. The van der Waals surface area contributed by atoms with Crippen molar-refractivity contribution in [2.75, 3.05) is 18.8 Å². The number of carboxylic acid groups (broad SMARTS) is 2. The third-order valence-corrected chi connectivity index (χ3v) is 4.62. The molecular weight excluding hydrogens is 398 g/mol. The monoisotopic (exact) mass is 425 g/mol. The molecule has 1 amide bonds. The molecule has 0 aliphatic carbocycles. The van der Waals surface area contributed by atoms with Crippen molar-refractivity contribution in [2.24, 2.45) is 0 Å². The molecule has 31 heavy (non-hydrogen) atoms. The summed E-state index contributed by atoms with van der Waals surface area (Å²) in [7, 11) is 0. The predicted molar refractivity (Wildman–Crippen MR) is 118 cm³/mol. The highest BCUT2D eigenvalue weighted by molar-refractivity contribution is 6.00. The molecule has 1 heterocycles. The molecule has 164 valence electrons. The van der Waals surface area contributed by atoms with Gasteiger partial charge in [0.2, 0.25) is 0 Å². The van der Waals surface area contributed by atoms with E-state index in [1.54, 1.807) is 0 Å². The fourth-order valence-electron chi connectivity index (χ4n) is 3.31. The van der Waals surface area contributed by atoms with Gasteiger partial charge in [0.1, 0.15) is 0 Å². The zero-order chi connectivity index (χ0) is 23.0. The number of rotatable bonds is 7. The molecule has 2 aromatic rings. The maximum Gasteiger partial charge on any atom is 0.328 e. The number of nitrogens with two attached hydrogens (primary N) is 1. The van der Waals surface area contributed by atoms with Gasteiger partial charge < -0.3 is 26.2 Å². The summed E-state index contributed by atoms with van der Waals surface area (Å²) in [4.78, 5) is 33.9. The highest BCUT2D eigenvalue weighted by Gasteiger charge is 2.37. The van der Waals surface area contributed by atoms with Crippen molar-refractivity contribution in [3.63, 3.8) is 0 Å². The van der Waals surface area contributed by atoms with Crippen LogP contribution in [0.4, 0.5) is 5.69 Å². The molecule has 0 spiro atoms. The van der Waals surface area contributed by atoms with E-state index < -0.39 is 11.9 Å². The first-order chi connectivity index (χ1) is 14.7. The number of hydrogen-bond donors (Lipinski definition) is 4. The van der Waals surface area contributed by atoms with E-state index in [-0.39, 0.29) is 11.9 Å². The lowest BCUT2D eigenvalue weighted by Gasteiger charge is -2.27. The van der Waals surface area contributed by atoms with Crippen molar-refractivity contribution in [3.8, 4) is 0 Å². The van der Waals surface area contributed by atoms with Crippen LogP contribution in [0.25, 0.3) is 0 Å². The van der Waals surface area contributed by atoms with Crippen LogP contribution in [0.5, 0.6) is 0 Å². The number of para-hydroxylation sites is 1. The third kappa shape index (κ3) is 6.42. The normalized spacial score (nSPS) is 15.0. The second kappa shape index (κ2) is 10.9. The maximum atomic E-state index is 12.8. The molecule has 0 radical (unpaired) electrons. The summed E-state index contributed by atoms with van der Waals surface area (Å²) in [6, 6.07) is 15.9. The van der Waals surface area contributed by atoms with Gasteiger partial charge in [0, 0.05) is 48.1 Å². The maximum absolute atomic E-state index is 12.8. The van der Waals surface area contributed by atoms with Crippen LogP contribution in [0.1, 0.15) is 41.4 Å². The third-order valence-electron chi connectivity index (χ3n) is 4.62. The zero-order valence-corrected chi connectivity index (χ0v) is 17.5. The van der Waals surface area contributed by atoms with Gasteiger partial charge in [-0.3, -0.25) is 4.79 Å². The van der Waals surface area contributed by atoms with Crippen LogP contribution in [0.15, 0.2) is 60.7 Å². The van der Waals surface area contributed by atoms with Crippen LogP contribution in [0.2, 0.25) is 0 Å². The van der Waals surface area contributed by atoms with E-state index in [1.165, 1.54) is 0 Å². The molecule has 8 nitrogen and oxygen atoms in total. The van der Waals surface area contributed by atoms with Crippen LogP contribution in [0.3, 0.4) is 0 Å². The fraction of sp³-hybridized carbons (Fsp3) is 0.261. The van der Waals surface area contributed by atoms with E-state index in [0.717, 1.165) is 28.9 Å². The minimum Gasteiger partial charge on any atom is -0.478 e. The summed E-state index contributed by atoms with van der Waals surface area (Å²) in [6.45, 7) is 5.63. The number of nitrogens with one attached hydrogen (secondary N) is 1. The first-order valence-electron chi connectivity index (χ1n) is 9.84. The molecule has 5 N–H and O–H groups in total. The van der Waals surface area contributed by atoms with Crippen molar-refractivity contribution >= 4 is 23.5 Å². The smallest absolute Gasteiger partial charge is 0.328 e. The van der Waals surface area contributed by atoms with Gasteiger partial charge in [0.05, 0.1) is 6.04 Å². The van der Waals surface area contributed by atoms with Crippen molar-refractivity contribution in [2.45, 2.75) is 25.9 Å². The molecule has 0 fully saturated rings. The molecule has 0 aromatic heterocycles. The summed E-state index contributed by atoms with van der Waals surface area (Å²) in [5, 5.41) is 19.0. The van der Waals surface area contributed by atoms with Gasteiger partial charge in [-0.2, -0.15) is 0 Å². The lowest BCUT2D eigenvalue weighted by molar-refractivity contribution is -0.134. The Kier molecular flexibility index (Phi) is 8.33. The van der Waals surface area contributed by atoms with Crippen molar-refractivity contribution < 1.29 is 24.6 Å². The van der Waals surface area contributed by atoms with Crippen molar-refractivity contribution in [1.82, 2.24) is 10.2 Å². The number of carbonyl (C=O) groups is 3. The van der Waals surface area contributed by atoms with E-state index in [9.17, 15) is 14.4 Å². The molecule has 0 saturated carbocycles. The standard InChI is InChI=1S/C19H23N3O.C4H4O4/c1-13(2)21-11-12-22-18(16-9-5-6-10-17(16)20)14-7-3-4-8-15(14)19(22)23;5-3(6)1-2-4(7)8/h3-10,13,18,21H,11-12,20H2,1-2H3;1-2H,(H,5,6)(H,7,8). The molecule has 2 aromatic carbocycles. The average Bonchev–Trinajstić information content (AvgIpc) is 2.99. The number of carboxylic acids is 2. The number of hydrogen-bond acceptors (Lipinski definition) is 5. The van der Waals surface area contributed by atoms with E-state index in [0.29, 0.717) is 24.7 Å². The minimum absolute atomic E-state index is 0.0828. The molecule has 3 rings (SSSR count). The van der Waals surface area contributed by atoms with Crippen LogP contribution in [0, 0.1) is 0 Å². The Labute approximate surface area is 181 Å². The Morgan fingerprint density at radius 1 is 1.03 bits per heavy atom. The summed E-state index contributed by atoms with van der Waals surface area (Å²) in [5.74, 6) is -2.43. The van der Waals surface area contributed by atoms with E-state index >= 15 is 0 Å². The van der Waals surface area contributed by atoms with Crippen LogP contribution >= 0.6 is 0 Å². The number of anilines is 1. The summed E-state index contributed by atoms with van der Waals surface area (Å²) < 4.78 is 0. The number of nitrogens with zero attached hydrogens (tertiary/aromatic N) is 1. The Morgan fingerprint density at radius 3 is 2.13 bits per heavy atom. The quantitative estimate of drug-likeness (QED) is 0.396. The van der Waals surface area contributed by atoms with Gasteiger partial charge in [-0.05, 0) is 17.7 Å². The molecule has 1 atom stereocenters. The van der Waals surface area contributed by atoms with Crippen molar-refractivity contribution in [1.29, 1.82) is 0 Å². The van der Waals surface area contributed by atoms with Gasteiger partial charge in [0.15, 0.2) is 0 Å². The van der Waals surface area contributed by atoms with E-state index in [2.05, 4.69) is 19.2 Å². The summed E-state index contributed by atoms with van der Waals surface area (Å²) >= 11 is 0. The Morgan fingerprint density at radius 2 is 1.58 bits per heavy atom. The zero-order valence-electron chi connectivity index (χ0n) is 17.5.